The summed E-state index contributed by atoms with van der Waals surface area (Å²) in [6.07, 6.45) is 0.978. The molecule has 11 heteroatoms. The molecule has 184 valence electrons. The number of carbonyl (C=O) groups excluding carboxylic acids is 2. The Hall–Kier alpha value is -3.34. The summed E-state index contributed by atoms with van der Waals surface area (Å²) in [5, 5.41) is 2.64. The van der Waals surface area contributed by atoms with E-state index in [0.29, 0.717) is 31.3 Å². The Bertz CT molecular complexity index is 1160. The van der Waals surface area contributed by atoms with Crippen molar-refractivity contribution in [1.82, 2.24) is 10.2 Å². The monoisotopic (exact) mass is 493 g/mol. The Morgan fingerprint density at radius 3 is 2.44 bits per heavy atom. The number of nitrogens with one attached hydrogen (secondary N) is 1. The first-order chi connectivity index (χ1) is 16.1. The average molecular weight is 494 g/mol. The number of benzene rings is 2. The van der Waals surface area contributed by atoms with Crippen molar-refractivity contribution < 1.29 is 31.9 Å². The highest BCUT2D eigenvalue weighted by Crippen LogP contribution is 2.34. The minimum atomic E-state index is -3.90. The van der Waals surface area contributed by atoms with E-state index in [2.05, 4.69) is 5.32 Å². The van der Waals surface area contributed by atoms with E-state index in [-0.39, 0.29) is 17.8 Å². The van der Waals surface area contributed by atoms with Gasteiger partial charge in [-0.15, -0.1) is 0 Å². The Labute approximate surface area is 198 Å². The number of amides is 2. The fourth-order valence-electron chi connectivity index (χ4n) is 3.52. The van der Waals surface area contributed by atoms with Crippen molar-refractivity contribution in [1.29, 1.82) is 0 Å². The Balaban J connectivity index is 1.93. The highest BCUT2D eigenvalue weighted by atomic mass is 32.2. The Kier molecular flexibility index (Phi) is 7.98. The number of hydrogen-bond acceptors (Lipinski definition) is 6. The molecule has 0 aromatic heterocycles. The first-order valence-corrected chi connectivity index (χ1v) is 12.6. The summed E-state index contributed by atoms with van der Waals surface area (Å²) >= 11 is 0. The van der Waals surface area contributed by atoms with Gasteiger partial charge in [0.1, 0.15) is 31.6 Å². The molecule has 2 aromatic rings. The molecule has 1 atom stereocenters. The largest absolute Gasteiger partial charge is 0.486 e. The lowest BCUT2D eigenvalue weighted by molar-refractivity contribution is -0.139. The van der Waals surface area contributed by atoms with Crippen LogP contribution in [0.1, 0.15) is 19.4 Å². The number of nitrogens with zero attached hydrogens (tertiary/aromatic N) is 2. The number of ether oxygens (including phenoxy) is 2. The average Bonchev–Trinajstić information content (AvgIpc) is 2.80. The fourth-order valence-corrected chi connectivity index (χ4v) is 4.36. The zero-order valence-electron chi connectivity index (χ0n) is 19.3. The summed E-state index contributed by atoms with van der Waals surface area (Å²) in [5.41, 5.74) is 0.411. The zero-order valence-corrected chi connectivity index (χ0v) is 20.1. The third kappa shape index (κ3) is 5.96. The quantitative estimate of drug-likeness (QED) is 0.572. The smallest absolute Gasteiger partial charge is 0.244 e. The molecule has 2 amide bonds. The first-order valence-electron chi connectivity index (χ1n) is 10.8. The molecule has 0 radical (unpaired) electrons. The lowest BCUT2D eigenvalue weighted by Gasteiger charge is -2.31. The van der Waals surface area contributed by atoms with Crippen molar-refractivity contribution in [3.8, 4) is 11.5 Å². The van der Waals surface area contributed by atoms with E-state index in [1.807, 2.05) is 0 Å². The molecule has 2 aromatic carbocycles. The summed E-state index contributed by atoms with van der Waals surface area (Å²) < 4.78 is 51.5. The molecule has 3 rings (SSSR count). The van der Waals surface area contributed by atoms with Gasteiger partial charge < -0.3 is 19.7 Å². The molecule has 0 bridgehead atoms. The molecule has 1 aliphatic rings. The van der Waals surface area contributed by atoms with Gasteiger partial charge in [-0.3, -0.25) is 13.9 Å². The van der Waals surface area contributed by atoms with Crippen LogP contribution in [0.2, 0.25) is 0 Å². The molecule has 0 saturated heterocycles. The zero-order chi connectivity index (χ0) is 24.9. The van der Waals surface area contributed by atoms with Gasteiger partial charge in [0, 0.05) is 24.7 Å². The maximum Gasteiger partial charge on any atom is 0.244 e. The standard InChI is InChI=1S/C23H28FN3O6S/c1-4-25-23(29)16(2)26(14-17-7-5-6-8-19(17)24)22(28)15-27(34(3,30)31)18-9-10-20-21(13-18)33-12-11-32-20/h5-10,13,16H,4,11-12,14-15H2,1-3H3,(H,25,29)/t16-/m0/s1. The SMILES string of the molecule is CCNC(=O)[C@H](C)N(Cc1ccccc1F)C(=O)CN(c1ccc2c(c1)OCCO2)S(C)(=O)=O. The molecule has 0 fully saturated rings. The van der Waals surface area contributed by atoms with Crippen LogP contribution in [0.3, 0.4) is 0 Å². The van der Waals surface area contributed by atoms with Crippen LogP contribution in [-0.4, -0.2) is 63.7 Å². The molecule has 0 saturated carbocycles. The predicted octanol–water partition coefficient (Wildman–Crippen LogP) is 1.92. The minimum absolute atomic E-state index is 0.205. The maximum absolute atomic E-state index is 14.3. The summed E-state index contributed by atoms with van der Waals surface area (Å²) in [6.45, 7) is 3.49. The van der Waals surface area contributed by atoms with E-state index in [1.54, 1.807) is 19.1 Å². The van der Waals surface area contributed by atoms with Crippen molar-refractivity contribution in [3.05, 3.63) is 53.8 Å². The number of fused-ring (bicyclic) bond motifs is 1. The van der Waals surface area contributed by atoms with Crippen LogP contribution in [0.25, 0.3) is 0 Å². The maximum atomic E-state index is 14.3. The van der Waals surface area contributed by atoms with Crippen LogP contribution >= 0.6 is 0 Å². The second-order valence-corrected chi connectivity index (χ2v) is 9.69. The predicted molar refractivity (Wildman–Crippen MR) is 125 cm³/mol. The van der Waals surface area contributed by atoms with Gasteiger partial charge in [0.2, 0.25) is 21.8 Å². The second kappa shape index (κ2) is 10.7. The van der Waals surface area contributed by atoms with Crippen molar-refractivity contribution in [2.24, 2.45) is 0 Å². The lowest BCUT2D eigenvalue weighted by Crippen LogP contribution is -2.51. The lowest BCUT2D eigenvalue weighted by atomic mass is 10.1. The second-order valence-electron chi connectivity index (χ2n) is 7.78. The summed E-state index contributed by atoms with van der Waals surface area (Å²) in [6, 6.07) is 9.51. The summed E-state index contributed by atoms with van der Waals surface area (Å²) in [7, 11) is -3.90. The molecular weight excluding hydrogens is 465 g/mol. The van der Waals surface area contributed by atoms with Crippen LogP contribution < -0.4 is 19.1 Å². The molecule has 1 N–H and O–H groups in total. The number of hydrogen-bond donors (Lipinski definition) is 1. The number of anilines is 1. The number of rotatable bonds is 9. The Morgan fingerprint density at radius 2 is 1.79 bits per heavy atom. The highest BCUT2D eigenvalue weighted by Gasteiger charge is 2.31. The topological polar surface area (TPSA) is 105 Å². The minimum Gasteiger partial charge on any atom is -0.486 e. The molecule has 9 nitrogen and oxygen atoms in total. The van der Waals surface area contributed by atoms with Gasteiger partial charge in [-0.2, -0.15) is 0 Å². The van der Waals surface area contributed by atoms with Crippen molar-refractivity contribution in [2.75, 3.05) is 36.9 Å². The third-order valence-electron chi connectivity index (χ3n) is 5.31. The Morgan fingerprint density at radius 1 is 1.12 bits per heavy atom. The van der Waals surface area contributed by atoms with Crippen LogP contribution in [0.4, 0.5) is 10.1 Å². The van der Waals surface area contributed by atoms with E-state index in [9.17, 15) is 22.4 Å². The van der Waals surface area contributed by atoms with Crippen LogP contribution in [-0.2, 0) is 26.2 Å². The van der Waals surface area contributed by atoms with Gasteiger partial charge in [-0.25, -0.2) is 12.8 Å². The van der Waals surface area contributed by atoms with Gasteiger partial charge >= 0.3 is 0 Å². The third-order valence-corrected chi connectivity index (χ3v) is 6.45. The van der Waals surface area contributed by atoms with Gasteiger partial charge in [0.15, 0.2) is 11.5 Å². The number of carbonyl (C=O) groups is 2. The highest BCUT2D eigenvalue weighted by molar-refractivity contribution is 7.92. The van der Waals surface area contributed by atoms with Crippen LogP contribution in [0.15, 0.2) is 42.5 Å². The normalized spacial score (nSPS) is 13.6. The van der Waals surface area contributed by atoms with E-state index in [0.717, 1.165) is 10.6 Å². The van der Waals surface area contributed by atoms with Crippen LogP contribution in [0, 0.1) is 5.82 Å². The molecule has 34 heavy (non-hydrogen) atoms. The van der Waals surface area contributed by atoms with Crippen molar-refractivity contribution in [2.45, 2.75) is 26.4 Å². The molecular formula is C23H28FN3O6S. The van der Waals surface area contributed by atoms with Crippen molar-refractivity contribution >= 4 is 27.5 Å². The number of halogens is 1. The summed E-state index contributed by atoms with van der Waals surface area (Å²) in [5.74, 6) is -0.792. The van der Waals surface area contributed by atoms with E-state index >= 15 is 0 Å². The molecule has 0 unspecified atom stereocenters. The van der Waals surface area contributed by atoms with E-state index in [4.69, 9.17) is 9.47 Å². The first kappa shape index (κ1) is 25.3. The molecule has 1 aliphatic heterocycles. The fraction of sp³-hybridized carbons (Fsp3) is 0.391. The van der Waals surface area contributed by atoms with Gasteiger partial charge in [0.05, 0.1) is 11.9 Å². The van der Waals surface area contributed by atoms with E-state index < -0.39 is 40.2 Å². The molecule has 0 spiro atoms. The van der Waals surface area contributed by atoms with Crippen molar-refractivity contribution in [3.63, 3.8) is 0 Å². The number of sulfonamides is 1. The molecule has 0 aliphatic carbocycles. The summed E-state index contributed by atoms with van der Waals surface area (Å²) in [4.78, 5) is 27.1. The van der Waals surface area contributed by atoms with Gasteiger partial charge in [-0.05, 0) is 32.0 Å². The molecule has 1 heterocycles. The van der Waals surface area contributed by atoms with Gasteiger partial charge in [-0.1, -0.05) is 18.2 Å². The van der Waals surface area contributed by atoms with E-state index in [1.165, 1.54) is 42.2 Å². The van der Waals surface area contributed by atoms with Gasteiger partial charge in [0.25, 0.3) is 0 Å². The number of likely N-dealkylation sites (N-methyl/N-ethyl adjacent to an activating group) is 1. The van der Waals surface area contributed by atoms with Crippen LogP contribution in [0.5, 0.6) is 11.5 Å².